The largest absolute Gasteiger partial charge is 1.00 e. The molecular weight excluding hydrogens is 604 g/mol. The Morgan fingerprint density at radius 3 is 2.00 bits per heavy atom. The van der Waals surface area contributed by atoms with E-state index in [2.05, 4.69) is 80.5 Å². The average molecular weight is 658 g/mol. The Bertz CT molecular complexity index is 1180. The molecule has 1 aromatic heterocycles. The maximum Gasteiger partial charge on any atom is 0.259 e. The van der Waals surface area contributed by atoms with Gasteiger partial charge in [-0.3, -0.25) is 4.79 Å². The number of amides is 1. The fraction of sp³-hybridized carbons (Fsp3) is 0.556. The zero-order valence-electron chi connectivity index (χ0n) is 26.6. The molecule has 232 valence electrons. The van der Waals surface area contributed by atoms with E-state index in [9.17, 15) is 4.79 Å². The van der Waals surface area contributed by atoms with Crippen molar-refractivity contribution in [3.05, 3.63) is 75.7 Å². The number of carbonyl (C=O) groups is 1. The van der Waals surface area contributed by atoms with Gasteiger partial charge in [0.15, 0.2) is 12.7 Å². The van der Waals surface area contributed by atoms with Gasteiger partial charge in [-0.2, -0.15) is 4.57 Å². The fourth-order valence-electron chi connectivity index (χ4n) is 5.05. The Kier molecular flexibility index (Phi) is 16.4. The first-order valence-corrected chi connectivity index (χ1v) is 16.8. The van der Waals surface area contributed by atoms with Gasteiger partial charge < -0.3 is 27.0 Å². The average Bonchev–Trinajstić information content (AvgIpc) is 3.36. The first-order valence-electron chi connectivity index (χ1n) is 15.9. The number of aromatic nitrogens is 1. The molecule has 0 saturated carbocycles. The number of thiazole rings is 1. The second-order valence-corrected chi connectivity index (χ2v) is 13.6. The zero-order chi connectivity index (χ0) is 29.5. The summed E-state index contributed by atoms with van der Waals surface area (Å²) in [5.41, 5.74) is 5.86. The van der Waals surface area contributed by atoms with E-state index in [-0.39, 0.29) is 28.3 Å². The van der Waals surface area contributed by atoms with Gasteiger partial charge in [-0.15, -0.1) is 0 Å². The number of halogens is 1. The summed E-state index contributed by atoms with van der Waals surface area (Å²) in [6.07, 6.45) is 17.9. The molecule has 2 aromatic carbocycles. The second kappa shape index (κ2) is 19.2. The SMILES string of the molecule is CCCCCCCCCCCCCCOc1cc(C(C)(C)C)ccc1C(=O)Nc1ccc(C[n+]2csc(C)c2)cc1.[Br-]. The number of benzene rings is 2. The van der Waals surface area contributed by atoms with Crippen molar-refractivity contribution < 1.29 is 31.1 Å². The number of anilines is 1. The number of nitrogens with zero attached hydrogens (tertiary/aromatic N) is 1. The number of unbranched alkanes of at least 4 members (excludes halogenated alkanes) is 11. The van der Waals surface area contributed by atoms with Crippen LogP contribution < -0.4 is 31.6 Å². The molecular formula is C36H53BrN2O2S. The van der Waals surface area contributed by atoms with E-state index < -0.39 is 0 Å². The van der Waals surface area contributed by atoms with Crippen LogP contribution in [-0.2, 0) is 12.0 Å². The summed E-state index contributed by atoms with van der Waals surface area (Å²) in [5, 5.41) is 3.08. The van der Waals surface area contributed by atoms with E-state index in [0.717, 1.165) is 18.7 Å². The van der Waals surface area contributed by atoms with Crippen molar-refractivity contribution in [1.82, 2.24) is 0 Å². The standard InChI is InChI=1S/C36H52N2O2S.BrH/c1-6-7-8-9-10-11-12-13-14-15-16-17-24-40-34-25-31(36(3,4)5)20-23-33(34)35(39)37-32-21-18-30(19-22-32)27-38-26-29(2)41-28-38;/h18-23,25-26,28H,6-17,24,27H2,1-5H3;1H. The molecule has 1 amide bonds. The lowest BCUT2D eigenvalue weighted by molar-refractivity contribution is -0.683. The van der Waals surface area contributed by atoms with E-state index in [1.807, 2.05) is 18.2 Å². The van der Waals surface area contributed by atoms with Crippen LogP contribution >= 0.6 is 11.3 Å². The van der Waals surface area contributed by atoms with Crippen LogP contribution in [0.4, 0.5) is 5.69 Å². The van der Waals surface area contributed by atoms with Gasteiger partial charge in [-0.25, -0.2) is 0 Å². The lowest BCUT2D eigenvalue weighted by Gasteiger charge is -2.21. The third-order valence-electron chi connectivity index (χ3n) is 7.65. The van der Waals surface area contributed by atoms with Gasteiger partial charge in [-0.05, 0) is 48.6 Å². The lowest BCUT2D eigenvalue weighted by atomic mass is 9.86. The van der Waals surface area contributed by atoms with Gasteiger partial charge in [0.2, 0.25) is 5.51 Å². The predicted octanol–water partition coefficient (Wildman–Crippen LogP) is 7.03. The van der Waals surface area contributed by atoms with Crippen molar-refractivity contribution in [2.75, 3.05) is 11.9 Å². The van der Waals surface area contributed by atoms with Gasteiger partial charge >= 0.3 is 0 Å². The smallest absolute Gasteiger partial charge is 0.259 e. The summed E-state index contributed by atoms with van der Waals surface area (Å²) < 4.78 is 8.43. The highest BCUT2D eigenvalue weighted by Crippen LogP contribution is 2.29. The van der Waals surface area contributed by atoms with Gasteiger partial charge in [0.25, 0.3) is 5.91 Å². The maximum absolute atomic E-state index is 13.3. The number of ether oxygens (including phenoxy) is 1. The van der Waals surface area contributed by atoms with Crippen LogP contribution in [0, 0.1) is 6.92 Å². The Balaban J connectivity index is 0.00000616. The van der Waals surface area contributed by atoms with Gasteiger partial charge in [0, 0.05) is 11.3 Å². The summed E-state index contributed by atoms with van der Waals surface area (Å²) in [7, 11) is 0. The topological polar surface area (TPSA) is 42.2 Å². The number of hydrogen-bond donors (Lipinski definition) is 1. The van der Waals surface area contributed by atoms with Crippen LogP contribution in [0.5, 0.6) is 5.75 Å². The van der Waals surface area contributed by atoms with E-state index in [4.69, 9.17) is 4.74 Å². The minimum atomic E-state index is -0.134. The third kappa shape index (κ3) is 13.0. The zero-order valence-corrected chi connectivity index (χ0v) is 29.0. The van der Waals surface area contributed by atoms with Gasteiger partial charge in [0.1, 0.15) is 5.75 Å². The van der Waals surface area contributed by atoms with Crippen LogP contribution in [0.2, 0.25) is 0 Å². The molecule has 0 unspecified atom stereocenters. The highest BCUT2D eigenvalue weighted by molar-refractivity contribution is 7.09. The Labute approximate surface area is 270 Å². The molecule has 0 aliphatic carbocycles. The summed E-state index contributed by atoms with van der Waals surface area (Å²) in [6.45, 7) is 12.4. The predicted molar refractivity (Wildman–Crippen MR) is 174 cm³/mol. The second-order valence-electron chi connectivity index (χ2n) is 12.5. The molecule has 0 atom stereocenters. The maximum atomic E-state index is 13.3. The molecule has 1 heterocycles. The van der Waals surface area contributed by atoms with Gasteiger partial charge in [0.05, 0.1) is 17.0 Å². The van der Waals surface area contributed by atoms with E-state index in [1.165, 1.54) is 86.6 Å². The quantitative estimate of drug-likeness (QED) is 0.118. The lowest BCUT2D eigenvalue weighted by Crippen LogP contribution is -3.00. The van der Waals surface area contributed by atoms with E-state index >= 15 is 0 Å². The summed E-state index contributed by atoms with van der Waals surface area (Å²) in [5.74, 6) is 0.546. The van der Waals surface area contributed by atoms with Crippen molar-refractivity contribution in [2.24, 2.45) is 0 Å². The molecule has 0 saturated heterocycles. The minimum Gasteiger partial charge on any atom is -1.00 e. The number of nitrogens with one attached hydrogen (secondary N) is 1. The Morgan fingerprint density at radius 1 is 0.857 bits per heavy atom. The van der Waals surface area contributed by atoms with E-state index in [1.54, 1.807) is 11.3 Å². The Hall–Kier alpha value is -2.18. The summed E-state index contributed by atoms with van der Waals surface area (Å²) >= 11 is 1.75. The Morgan fingerprint density at radius 2 is 1.45 bits per heavy atom. The number of rotatable bonds is 18. The van der Waals surface area contributed by atoms with Crippen LogP contribution in [0.25, 0.3) is 0 Å². The molecule has 1 N–H and O–H groups in total. The van der Waals surface area contributed by atoms with Crippen molar-refractivity contribution in [3.63, 3.8) is 0 Å². The molecule has 0 bridgehead atoms. The molecule has 0 aliphatic rings. The normalized spacial score (nSPS) is 11.3. The first kappa shape index (κ1) is 36.0. The monoisotopic (exact) mass is 656 g/mol. The molecule has 3 aromatic rings. The van der Waals surface area contributed by atoms with Crippen molar-refractivity contribution in [1.29, 1.82) is 0 Å². The number of carbonyl (C=O) groups excluding carboxylic acids is 1. The molecule has 6 heteroatoms. The highest BCUT2D eigenvalue weighted by Gasteiger charge is 2.19. The molecule has 0 aliphatic heterocycles. The van der Waals surface area contributed by atoms with Crippen molar-refractivity contribution in [3.8, 4) is 5.75 Å². The number of aryl methyl sites for hydroxylation is 1. The van der Waals surface area contributed by atoms with Crippen LogP contribution in [-0.4, -0.2) is 12.5 Å². The third-order valence-corrected chi connectivity index (χ3v) is 8.50. The fourth-order valence-corrected chi connectivity index (χ4v) is 5.69. The van der Waals surface area contributed by atoms with Crippen molar-refractivity contribution in [2.45, 2.75) is 124 Å². The molecule has 0 radical (unpaired) electrons. The minimum absolute atomic E-state index is 0. The molecule has 0 spiro atoms. The summed E-state index contributed by atoms with van der Waals surface area (Å²) in [4.78, 5) is 14.6. The first-order chi connectivity index (χ1) is 19.8. The highest BCUT2D eigenvalue weighted by atomic mass is 79.9. The molecule has 4 nitrogen and oxygen atoms in total. The number of hydrogen-bond acceptors (Lipinski definition) is 3. The molecule has 42 heavy (non-hydrogen) atoms. The van der Waals surface area contributed by atoms with E-state index in [0.29, 0.717) is 17.9 Å². The summed E-state index contributed by atoms with van der Waals surface area (Å²) in [6, 6.07) is 14.1. The van der Waals surface area contributed by atoms with Crippen LogP contribution in [0.15, 0.2) is 54.2 Å². The molecule has 3 rings (SSSR count). The van der Waals surface area contributed by atoms with Crippen LogP contribution in [0.3, 0.4) is 0 Å². The van der Waals surface area contributed by atoms with Gasteiger partial charge in [-0.1, -0.05) is 128 Å². The molecule has 0 fully saturated rings. The van der Waals surface area contributed by atoms with Crippen molar-refractivity contribution >= 4 is 22.9 Å². The van der Waals surface area contributed by atoms with Crippen LogP contribution in [0.1, 0.15) is 131 Å².